The van der Waals surface area contributed by atoms with E-state index in [-0.39, 0.29) is 5.91 Å². The number of hydrogen-bond donors (Lipinski definition) is 1. The fourth-order valence-electron chi connectivity index (χ4n) is 2.66. The van der Waals surface area contributed by atoms with Gasteiger partial charge in [-0.1, -0.05) is 19.1 Å². The second kappa shape index (κ2) is 9.72. The first-order valence-electron chi connectivity index (χ1n) is 7.66. The molecule has 20 heavy (non-hydrogen) atoms. The summed E-state index contributed by atoms with van der Waals surface area (Å²) >= 11 is 0. The van der Waals surface area contributed by atoms with Gasteiger partial charge in [0, 0.05) is 25.7 Å². The first kappa shape index (κ1) is 16.9. The van der Waals surface area contributed by atoms with Crippen molar-refractivity contribution < 1.29 is 4.79 Å². The highest BCUT2D eigenvalue weighted by Gasteiger charge is 2.20. The van der Waals surface area contributed by atoms with E-state index in [1.54, 1.807) is 17.1 Å². The molecule has 0 bridgehead atoms. The van der Waals surface area contributed by atoms with E-state index in [0.29, 0.717) is 25.7 Å². The molecule has 4 nitrogen and oxygen atoms in total. The Morgan fingerprint density at radius 3 is 2.55 bits per heavy atom. The number of carbonyl (C=O) groups is 1. The molecule has 1 fully saturated rings. The molecule has 114 valence electrons. The highest BCUT2D eigenvalue weighted by atomic mass is 16.2. The van der Waals surface area contributed by atoms with Gasteiger partial charge in [0.2, 0.25) is 5.91 Å². The first-order chi connectivity index (χ1) is 9.71. The zero-order valence-electron chi connectivity index (χ0n) is 12.8. The maximum Gasteiger partial charge on any atom is 0.237 e. The van der Waals surface area contributed by atoms with Crippen LogP contribution in [0, 0.1) is 0 Å². The van der Waals surface area contributed by atoms with Gasteiger partial charge in [-0.3, -0.25) is 9.69 Å². The van der Waals surface area contributed by atoms with E-state index in [1.165, 1.54) is 12.8 Å². The molecule has 0 radical (unpaired) electrons. The Bertz CT molecular complexity index is 301. The summed E-state index contributed by atoms with van der Waals surface area (Å²) in [6, 6.07) is 0.543. The lowest BCUT2D eigenvalue weighted by molar-refractivity contribution is -0.131. The summed E-state index contributed by atoms with van der Waals surface area (Å²) in [5.41, 5.74) is 0. The van der Waals surface area contributed by atoms with Gasteiger partial charge >= 0.3 is 0 Å². The van der Waals surface area contributed by atoms with E-state index in [4.69, 9.17) is 0 Å². The maximum absolute atomic E-state index is 12.4. The summed E-state index contributed by atoms with van der Waals surface area (Å²) in [7, 11) is 0. The molecule has 0 spiro atoms. The van der Waals surface area contributed by atoms with Crippen molar-refractivity contribution in [2.45, 2.75) is 32.2 Å². The van der Waals surface area contributed by atoms with Crippen molar-refractivity contribution in [3.05, 3.63) is 25.3 Å². The van der Waals surface area contributed by atoms with Crippen molar-refractivity contribution in [3.63, 3.8) is 0 Å². The van der Waals surface area contributed by atoms with Crippen LogP contribution in [0.4, 0.5) is 0 Å². The molecule has 1 atom stereocenters. The van der Waals surface area contributed by atoms with E-state index in [2.05, 4.69) is 30.3 Å². The summed E-state index contributed by atoms with van der Waals surface area (Å²) in [4.78, 5) is 16.4. The van der Waals surface area contributed by atoms with Gasteiger partial charge in [-0.05, 0) is 32.4 Å². The van der Waals surface area contributed by atoms with Crippen molar-refractivity contribution in [2.75, 3.05) is 39.3 Å². The molecular formula is C16H29N3O. The smallest absolute Gasteiger partial charge is 0.237 e. The summed E-state index contributed by atoms with van der Waals surface area (Å²) < 4.78 is 0. The standard InChI is InChI=1S/C16H29N3O/c1-4-10-18(13-15-8-7-9-17-15)14-16(20)19(11-5-2)12-6-3/h5-6,15,17H,2-4,7-14H2,1H3. The second-order valence-corrected chi connectivity index (χ2v) is 5.40. The van der Waals surface area contributed by atoms with Crippen molar-refractivity contribution in [2.24, 2.45) is 0 Å². The predicted molar refractivity (Wildman–Crippen MR) is 84.7 cm³/mol. The fraction of sp³-hybridized carbons (Fsp3) is 0.688. The molecule has 0 saturated carbocycles. The summed E-state index contributed by atoms with van der Waals surface area (Å²) in [5, 5.41) is 3.50. The molecule has 1 unspecified atom stereocenters. The Morgan fingerprint density at radius 2 is 2.05 bits per heavy atom. The molecule has 1 aliphatic rings. The van der Waals surface area contributed by atoms with Crippen LogP contribution in [-0.2, 0) is 4.79 Å². The van der Waals surface area contributed by atoms with E-state index >= 15 is 0 Å². The molecular weight excluding hydrogens is 250 g/mol. The minimum Gasteiger partial charge on any atom is -0.334 e. The van der Waals surface area contributed by atoms with Crippen molar-refractivity contribution in [1.29, 1.82) is 0 Å². The lowest BCUT2D eigenvalue weighted by Gasteiger charge is -2.28. The summed E-state index contributed by atoms with van der Waals surface area (Å²) in [6.07, 6.45) is 7.08. The number of hydrogen-bond acceptors (Lipinski definition) is 3. The van der Waals surface area contributed by atoms with Gasteiger partial charge in [-0.2, -0.15) is 0 Å². The molecule has 4 heteroatoms. The van der Waals surface area contributed by atoms with Gasteiger partial charge in [-0.15, -0.1) is 13.2 Å². The van der Waals surface area contributed by atoms with E-state index in [1.807, 2.05) is 0 Å². The zero-order valence-corrected chi connectivity index (χ0v) is 12.8. The highest BCUT2D eigenvalue weighted by Crippen LogP contribution is 2.08. The molecule has 1 aliphatic heterocycles. The van der Waals surface area contributed by atoms with E-state index < -0.39 is 0 Å². The number of nitrogens with zero attached hydrogens (tertiary/aromatic N) is 2. The molecule has 1 heterocycles. The molecule has 1 N–H and O–H groups in total. The highest BCUT2D eigenvalue weighted by molar-refractivity contribution is 5.78. The van der Waals surface area contributed by atoms with Gasteiger partial charge in [0.15, 0.2) is 0 Å². The minimum atomic E-state index is 0.163. The number of nitrogens with one attached hydrogen (secondary N) is 1. The van der Waals surface area contributed by atoms with Crippen LogP contribution in [-0.4, -0.2) is 61.0 Å². The van der Waals surface area contributed by atoms with Crippen LogP contribution in [0.1, 0.15) is 26.2 Å². The van der Waals surface area contributed by atoms with Crippen LogP contribution in [0.25, 0.3) is 0 Å². The molecule has 0 aromatic heterocycles. The van der Waals surface area contributed by atoms with Gasteiger partial charge in [0.1, 0.15) is 0 Å². The topological polar surface area (TPSA) is 35.6 Å². The van der Waals surface area contributed by atoms with Crippen LogP contribution >= 0.6 is 0 Å². The summed E-state index contributed by atoms with van der Waals surface area (Å²) in [6.45, 7) is 14.3. The monoisotopic (exact) mass is 279 g/mol. The Balaban J connectivity index is 2.50. The normalized spacial score (nSPS) is 18.2. The average Bonchev–Trinajstić information content (AvgIpc) is 2.91. The Labute approximate surface area is 123 Å². The molecule has 1 amide bonds. The SMILES string of the molecule is C=CCN(CC=C)C(=O)CN(CCC)CC1CCCN1. The Kier molecular flexibility index (Phi) is 8.23. The Morgan fingerprint density at radius 1 is 1.35 bits per heavy atom. The predicted octanol–water partition coefficient (Wildman–Crippen LogP) is 1.65. The number of amides is 1. The van der Waals surface area contributed by atoms with Gasteiger partial charge in [0.05, 0.1) is 6.54 Å². The first-order valence-corrected chi connectivity index (χ1v) is 7.66. The third kappa shape index (κ3) is 5.88. The van der Waals surface area contributed by atoms with Crippen LogP contribution in [0.3, 0.4) is 0 Å². The van der Waals surface area contributed by atoms with Crippen molar-refractivity contribution in [1.82, 2.24) is 15.1 Å². The summed E-state index contributed by atoms with van der Waals surface area (Å²) in [5.74, 6) is 0.163. The quantitative estimate of drug-likeness (QED) is 0.618. The maximum atomic E-state index is 12.4. The third-order valence-corrected chi connectivity index (χ3v) is 3.59. The van der Waals surface area contributed by atoms with Crippen molar-refractivity contribution in [3.8, 4) is 0 Å². The second-order valence-electron chi connectivity index (χ2n) is 5.40. The molecule has 0 aromatic rings. The van der Waals surface area contributed by atoms with E-state index in [0.717, 1.165) is 26.1 Å². The van der Waals surface area contributed by atoms with Gasteiger partial charge in [-0.25, -0.2) is 0 Å². The van der Waals surface area contributed by atoms with Crippen LogP contribution in [0.15, 0.2) is 25.3 Å². The number of rotatable bonds is 10. The fourth-order valence-corrected chi connectivity index (χ4v) is 2.66. The molecule has 1 rings (SSSR count). The average molecular weight is 279 g/mol. The minimum absolute atomic E-state index is 0.163. The van der Waals surface area contributed by atoms with Crippen LogP contribution < -0.4 is 5.32 Å². The number of carbonyl (C=O) groups excluding carboxylic acids is 1. The van der Waals surface area contributed by atoms with Gasteiger partial charge < -0.3 is 10.2 Å². The van der Waals surface area contributed by atoms with Crippen LogP contribution in [0.5, 0.6) is 0 Å². The lowest BCUT2D eigenvalue weighted by atomic mass is 10.2. The molecule has 0 aromatic carbocycles. The third-order valence-electron chi connectivity index (χ3n) is 3.59. The molecule has 1 saturated heterocycles. The molecule has 0 aliphatic carbocycles. The van der Waals surface area contributed by atoms with E-state index in [9.17, 15) is 4.79 Å². The zero-order chi connectivity index (χ0) is 14.8. The van der Waals surface area contributed by atoms with Crippen LogP contribution in [0.2, 0.25) is 0 Å². The van der Waals surface area contributed by atoms with Crippen molar-refractivity contribution >= 4 is 5.91 Å². The Hall–Kier alpha value is -1.13. The largest absolute Gasteiger partial charge is 0.334 e. The van der Waals surface area contributed by atoms with Gasteiger partial charge in [0.25, 0.3) is 0 Å². The lowest BCUT2D eigenvalue weighted by Crippen LogP contribution is -2.45.